The number of nitrogens with zero attached hydrogens (tertiary/aromatic N) is 4. The quantitative estimate of drug-likeness (QED) is 0.722. The maximum Gasteiger partial charge on any atom is 0.104 e. The topological polar surface area (TPSA) is 54.5 Å². The minimum Gasteiger partial charge on any atom is -0.261 e. The molecule has 0 fully saturated rings. The summed E-state index contributed by atoms with van der Waals surface area (Å²) in [6.07, 6.45) is 0. The summed E-state index contributed by atoms with van der Waals surface area (Å²) in [7, 11) is 1.90. The van der Waals surface area contributed by atoms with Gasteiger partial charge in [0.05, 0.1) is 22.8 Å². The van der Waals surface area contributed by atoms with E-state index in [1.807, 2.05) is 55.1 Å². The Bertz CT molecular complexity index is 829. The van der Waals surface area contributed by atoms with Crippen LogP contribution in [-0.2, 0) is 7.05 Å². The molecule has 0 spiro atoms. The summed E-state index contributed by atoms with van der Waals surface area (Å²) in [5, 5.41) is 16.3. The van der Waals surface area contributed by atoms with Crippen LogP contribution in [-0.4, -0.2) is 14.8 Å². The molecule has 0 aliphatic heterocycles. The fourth-order valence-electron chi connectivity index (χ4n) is 2.09. The van der Waals surface area contributed by atoms with E-state index in [0.717, 1.165) is 26.6 Å². The Balaban J connectivity index is 2.09. The lowest BCUT2D eigenvalue weighted by molar-refractivity contribution is 0.692. The largest absolute Gasteiger partial charge is 0.261 e. The molecular formula is C15H12N4S. The minimum absolute atomic E-state index is 0.650. The van der Waals surface area contributed by atoms with Crippen molar-refractivity contribution in [2.24, 2.45) is 7.05 Å². The molecule has 0 saturated carbocycles. The fraction of sp³-hybridized carbons (Fsp3) is 0.133. The second-order valence-electron chi connectivity index (χ2n) is 4.49. The SMILES string of the molecule is Cc1cc(Sc2cc(C#N)c3ccccc3n2)n(C)n1. The molecule has 0 amide bonds. The number of aryl methyl sites for hydroxylation is 2. The van der Waals surface area contributed by atoms with Gasteiger partial charge in [0.2, 0.25) is 0 Å². The summed E-state index contributed by atoms with van der Waals surface area (Å²) < 4.78 is 1.82. The van der Waals surface area contributed by atoms with Crippen molar-refractivity contribution in [2.75, 3.05) is 0 Å². The first-order valence-electron chi connectivity index (χ1n) is 6.16. The van der Waals surface area contributed by atoms with Gasteiger partial charge < -0.3 is 0 Å². The van der Waals surface area contributed by atoms with Crippen molar-refractivity contribution in [2.45, 2.75) is 17.0 Å². The highest BCUT2D eigenvalue weighted by Crippen LogP contribution is 2.29. The smallest absolute Gasteiger partial charge is 0.104 e. The van der Waals surface area contributed by atoms with Gasteiger partial charge >= 0.3 is 0 Å². The van der Waals surface area contributed by atoms with Crippen molar-refractivity contribution in [1.29, 1.82) is 5.26 Å². The Hall–Kier alpha value is -2.32. The van der Waals surface area contributed by atoms with E-state index >= 15 is 0 Å². The minimum atomic E-state index is 0.650. The Labute approximate surface area is 121 Å². The van der Waals surface area contributed by atoms with Gasteiger partial charge in [-0.25, -0.2) is 4.98 Å². The Morgan fingerprint density at radius 1 is 1.25 bits per heavy atom. The third kappa shape index (κ3) is 2.26. The number of nitriles is 1. The maximum absolute atomic E-state index is 9.28. The molecular weight excluding hydrogens is 268 g/mol. The molecule has 2 heterocycles. The molecule has 0 aliphatic rings. The lowest BCUT2D eigenvalue weighted by Crippen LogP contribution is -1.93. The number of rotatable bonds is 2. The first kappa shape index (κ1) is 12.7. The maximum atomic E-state index is 9.28. The number of hydrogen-bond donors (Lipinski definition) is 0. The molecule has 0 saturated heterocycles. The molecule has 1 aromatic carbocycles. The zero-order chi connectivity index (χ0) is 14.1. The Morgan fingerprint density at radius 3 is 2.75 bits per heavy atom. The van der Waals surface area contributed by atoms with Crippen LogP contribution >= 0.6 is 11.8 Å². The summed E-state index contributed by atoms with van der Waals surface area (Å²) in [6, 6.07) is 13.8. The summed E-state index contributed by atoms with van der Waals surface area (Å²) in [4.78, 5) is 4.60. The number of aromatic nitrogens is 3. The van der Waals surface area contributed by atoms with Crippen molar-refractivity contribution >= 4 is 22.7 Å². The van der Waals surface area contributed by atoms with Gasteiger partial charge in [-0.1, -0.05) is 30.0 Å². The van der Waals surface area contributed by atoms with Crippen LogP contribution in [0.25, 0.3) is 10.9 Å². The van der Waals surface area contributed by atoms with Crippen LogP contribution in [0.2, 0.25) is 0 Å². The van der Waals surface area contributed by atoms with E-state index in [1.54, 1.807) is 0 Å². The zero-order valence-corrected chi connectivity index (χ0v) is 12.0. The van der Waals surface area contributed by atoms with Crippen LogP contribution in [0.15, 0.2) is 46.5 Å². The molecule has 0 bridgehead atoms. The average molecular weight is 280 g/mol. The van der Waals surface area contributed by atoms with E-state index in [9.17, 15) is 5.26 Å². The number of hydrogen-bond acceptors (Lipinski definition) is 4. The van der Waals surface area contributed by atoms with E-state index in [2.05, 4.69) is 16.2 Å². The van der Waals surface area contributed by atoms with Gasteiger partial charge in [-0.3, -0.25) is 4.68 Å². The van der Waals surface area contributed by atoms with E-state index in [1.165, 1.54) is 11.8 Å². The number of fused-ring (bicyclic) bond motifs is 1. The summed E-state index contributed by atoms with van der Waals surface area (Å²) >= 11 is 1.52. The summed E-state index contributed by atoms with van der Waals surface area (Å²) in [5.41, 5.74) is 2.46. The van der Waals surface area contributed by atoms with Gasteiger partial charge in [0, 0.05) is 12.4 Å². The van der Waals surface area contributed by atoms with Crippen LogP contribution in [0.5, 0.6) is 0 Å². The van der Waals surface area contributed by atoms with Crippen LogP contribution in [0.3, 0.4) is 0 Å². The molecule has 0 unspecified atom stereocenters. The van der Waals surface area contributed by atoms with E-state index in [0.29, 0.717) is 5.56 Å². The molecule has 3 rings (SSSR count). The third-order valence-corrected chi connectivity index (χ3v) is 3.99. The van der Waals surface area contributed by atoms with Gasteiger partial charge in [0.15, 0.2) is 0 Å². The molecule has 0 aliphatic carbocycles. The average Bonchev–Trinajstić information content (AvgIpc) is 2.76. The molecule has 0 atom stereocenters. The van der Waals surface area contributed by atoms with Gasteiger partial charge in [0.25, 0.3) is 0 Å². The standard InChI is InChI=1S/C15H12N4S/c1-10-7-15(19(2)18-10)20-14-8-11(9-16)12-5-3-4-6-13(12)17-14/h3-8H,1-2H3. The highest BCUT2D eigenvalue weighted by Gasteiger charge is 2.09. The van der Waals surface area contributed by atoms with Crippen molar-refractivity contribution in [3.63, 3.8) is 0 Å². The van der Waals surface area contributed by atoms with E-state index in [4.69, 9.17) is 0 Å². The monoisotopic (exact) mass is 280 g/mol. The second kappa shape index (κ2) is 4.99. The normalized spacial score (nSPS) is 10.7. The molecule has 5 heteroatoms. The van der Waals surface area contributed by atoms with Crippen molar-refractivity contribution in [3.8, 4) is 6.07 Å². The molecule has 4 nitrogen and oxygen atoms in total. The van der Waals surface area contributed by atoms with Gasteiger partial charge in [-0.05, 0) is 25.1 Å². The van der Waals surface area contributed by atoms with Crippen LogP contribution in [0, 0.1) is 18.3 Å². The van der Waals surface area contributed by atoms with Crippen molar-refractivity contribution in [1.82, 2.24) is 14.8 Å². The van der Waals surface area contributed by atoms with E-state index in [-0.39, 0.29) is 0 Å². The molecule has 2 aromatic heterocycles. The highest BCUT2D eigenvalue weighted by molar-refractivity contribution is 7.99. The van der Waals surface area contributed by atoms with Gasteiger partial charge in [-0.2, -0.15) is 10.4 Å². The lowest BCUT2D eigenvalue weighted by Gasteiger charge is -2.05. The molecule has 0 N–H and O–H groups in total. The highest BCUT2D eigenvalue weighted by atomic mass is 32.2. The summed E-state index contributed by atoms with van der Waals surface area (Å²) in [6.45, 7) is 1.96. The lowest BCUT2D eigenvalue weighted by atomic mass is 10.1. The third-order valence-electron chi connectivity index (χ3n) is 2.98. The zero-order valence-electron chi connectivity index (χ0n) is 11.2. The molecule has 20 heavy (non-hydrogen) atoms. The van der Waals surface area contributed by atoms with Crippen molar-refractivity contribution < 1.29 is 0 Å². The predicted octanol–water partition coefficient (Wildman–Crippen LogP) is 3.30. The van der Waals surface area contributed by atoms with Gasteiger partial charge in [-0.15, -0.1) is 0 Å². The number of para-hydroxylation sites is 1. The van der Waals surface area contributed by atoms with Crippen LogP contribution < -0.4 is 0 Å². The first-order chi connectivity index (χ1) is 9.67. The Morgan fingerprint density at radius 2 is 2.05 bits per heavy atom. The van der Waals surface area contributed by atoms with Gasteiger partial charge in [0.1, 0.15) is 10.1 Å². The van der Waals surface area contributed by atoms with E-state index < -0.39 is 0 Å². The first-order valence-corrected chi connectivity index (χ1v) is 6.97. The number of pyridine rings is 1. The molecule has 98 valence electrons. The molecule has 3 aromatic rings. The van der Waals surface area contributed by atoms with Crippen LogP contribution in [0.4, 0.5) is 0 Å². The number of benzene rings is 1. The second-order valence-corrected chi connectivity index (χ2v) is 5.53. The molecule has 0 radical (unpaired) electrons. The fourth-order valence-corrected chi connectivity index (χ4v) is 3.02. The Kier molecular flexibility index (Phi) is 3.17. The van der Waals surface area contributed by atoms with Crippen molar-refractivity contribution in [3.05, 3.63) is 47.7 Å². The van der Waals surface area contributed by atoms with Crippen LogP contribution in [0.1, 0.15) is 11.3 Å². The predicted molar refractivity (Wildman–Crippen MR) is 78.5 cm³/mol. The summed E-state index contributed by atoms with van der Waals surface area (Å²) in [5.74, 6) is 0.